The molecule has 154 valence electrons. The van der Waals surface area contributed by atoms with E-state index in [1.807, 2.05) is 0 Å². The highest BCUT2D eigenvalue weighted by Gasteiger charge is 2.59. The third kappa shape index (κ3) is 2.60. The molecule has 0 N–H and O–H groups in total. The second-order valence-corrected chi connectivity index (χ2v) is 10.2. The maximum Gasteiger partial charge on any atom is 0.330 e. The number of rotatable bonds is 1. The van der Waals surface area contributed by atoms with Gasteiger partial charge in [-0.25, -0.2) is 4.79 Å². The average Bonchev–Trinajstić information content (AvgIpc) is 3.27. The Kier molecular flexibility index (Phi) is 4.34. The van der Waals surface area contributed by atoms with Crippen LogP contribution in [0, 0.1) is 28.6 Å². The van der Waals surface area contributed by atoms with Crippen LogP contribution in [0.5, 0.6) is 0 Å². The summed E-state index contributed by atoms with van der Waals surface area (Å²) in [6.45, 7) is 6.41. The van der Waals surface area contributed by atoms with Crippen molar-refractivity contribution in [1.82, 2.24) is 0 Å². The van der Waals surface area contributed by atoms with E-state index in [1.54, 1.807) is 11.6 Å². The lowest BCUT2D eigenvalue weighted by Gasteiger charge is -2.58. The average molecular weight is 387 g/mol. The second-order valence-electron chi connectivity index (χ2n) is 10.2. The summed E-state index contributed by atoms with van der Waals surface area (Å²) >= 11 is 0. The topological polar surface area (TPSA) is 44.8 Å². The minimum Gasteiger partial charge on any atom is -0.466 e. The normalized spacial score (nSPS) is 45.3. The van der Waals surface area contributed by atoms with Gasteiger partial charge in [0.2, 0.25) is 0 Å². The van der Waals surface area contributed by atoms with Gasteiger partial charge in [0.25, 0.3) is 0 Å². The summed E-state index contributed by atoms with van der Waals surface area (Å²) in [7, 11) is 1.48. The number of ether oxygens (including phenoxy) is 3. The smallest absolute Gasteiger partial charge is 0.330 e. The molecule has 0 aromatic rings. The number of esters is 1. The molecular weight excluding hydrogens is 352 g/mol. The molecule has 0 bridgehead atoms. The summed E-state index contributed by atoms with van der Waals surface area (Å²) < 4.78 is 17.0. The largest absolute Gasteiger partial charge is 0.466 e. The minimum atomic E-state index is -0.328. The van der Waals surface area contributed by atoms with Crippen molar-refractivity contribution in [2.24, 2.45) is 28.6 Å². The third-order valence-electron chi connectivity index (χ3n) is 9.27. The molecule has 0 aromatic carbocycles. The number of hydrogen-bond acceptors (Lipinski definition) is 4. The van der Waals surface area contributed by atoms with E-state index >= 15 is 0 Å². The van der Waals surface area contributed by atoms with Gasteiger partial charge in [-0.05, 0) is 67.1 Å². The van der Waals surface area contributed by atoms with Gasteiger partial charge in [0, 0.05) is 18.9 Å². The molecule has 4 heteroatoms. The first-order valence-electron chi connectivity index (χ1n) is 11.2. The highest BCUT2D eigenvalue weighted by atomic mass is 16.7. The Morgan fingerprint density at radius 2 is 1.86 bits per heavy atom. The molecule has 1 spiro atoms. The van der Waals surface area contributed by atoms with Crippen molar-refractivity contribution in [1.29, 1.82) is 0 Å². The zero-order valence-corrected chi connectivity index (χ0v) is 17.6. The van der Waals surface area contributed by atoms with Crippen molar-refractivity contribution < 1.29 is 19.0 Å². The fourth-order valence-corrected chi connectivity index (χ4v) is 7.64. The first-order chi connectivity index (χ1) is 13.4. The molecular formula is C24H34O4. The van der Waals surface area contributed by atoms with Crippen LogP contribution >= 0.6 is 0 Å². The Balaban J connectivity index is 1.43. The van der Waals surface area contributed by atoms with Crippen LogP contribution in [0.2, 0.25) is 0 Å². The summed E-state index contributed by atoms with van der Waals surface area (Å²) in [6.07, 6.45) is 13.4. The van der Waals surface area contributed by atoms with Gasteiger partial charge in [-0.3, -0.25) is 0 Å². The molecule has 1 aliphatic heterocycles. The summed E-state index contributed by atoms with van der Waals surface area (Å²) in [6, 6.07) is 0. The lowest BCUT2D eigenvalue weighted by atomic mass is 9.47. The second kappa shape index (κ2) is 6.43. The predicted octanol–water partition coefficient (Wildman–Crippen LogP) is 4.79. The first-order valence-corrected chi connectivity index (χ1v) is 11.2. The quantitative estimate of drug-likeness (QED) is 0.369. The van der Waals surface area contributed by atoms with Crippen LogP contribution < -0.4 is 0 Å². The molecule has 28 heavy (non-hydrogen) atoms. The van der Waals surface area contributed by atoms with E-state index in [4.69, 9.17) is 14.2 Å². The van der Waals surface area contributed by atoms with Crippen molar-refractivity contribution in [3.8, 4) is 0 Å². The molecule has 4 fully saturated rings. The van der Waals surface area contributed by atoms with E-state index in [-0.39, 0.29) is 17.2 Å². The molecule has 5 rings (SSSR count). The van der Waals surface area contributed by atoms with E-state index < -0.39 is 0 Å². The molecule has 3 saturated carbocycles. The van der Waals surface area contributed by atoms with Crippen LogP contribution in [-0.2, 0) is 19.0 Å². The van der Waals surface area contributed by atoms with Crippen molar-refractivity contribution in [2.75, 3.05) is 20.3 Å². The molecule has 5 atom stereocenters. The Morgan fingerprint density at radius 1 is 1.11 bits per heavy atom. The van der Waals surface area contributed by atoms with Gasteiger partial charge in [0.05, 0.1) is 20.3 Å². The summed E-state index contributed by atoms with van der Waals surface area (Å²) in [5.74, 6) is 1.65. The molecule has 4 nitrogen and oxygen atoms in total. The molecule has 0 amide bonds. The zero-order valence-electron chi connectivity index (χ0n) is 17.6. The SMILES string of the molecule is COC(=O)/C=C1\CC[C@H]2[C@@H]3CC=C4CC5(CC[C@]4(C)[C@H]3CC[C@]12C)OCCO5. The van der Waals surface area contributed by atoms with Gasteiger partial charge in [-0.2, -0.15) is 0 Å². The van der Waals surface area contributed by atoms with Gasteiger partial charge in [-0.1, -0.05) is 31.1 Å². The molecule has 4 aliphatic carbocycles. The fraction of sp³-hybridized carbons (Fsp3) is 0.792. The van der Waals surface area contributed by atoms with Crippen LogP contribution in [0.1, 0.15) is 65.2 Å². The number of fused-ring (bicyclic) bond motifs is 5. The highest BCUT2D eigenvalue weighted by molar-refractivity contribution is 5.83. The van der Waals surface area contributed by atoms with E-state index in [1.165, 1.54) is 44.8 Å². The van der Waals surface area contributed by atoms with Crippen LogP contribution in [-0.4, -0.2) is 32.1 Å². The number of hydrogen-bond donors (Lipinski definition) is 0. The van der Waals surface area contributed by atoms with Crippen molar-refractivity contribution in [3.05, 3.63) is 23.3 Å². The lowest BCUT2D eigenvalue weighted by Crippen LogP contribution is -2.51. The molecule has 1 saturated heterocycles. The van der Waals surface area contributed by atoms with Gasteiger partial charge in [0.1, 0.15) is 0 Å². The standard InChI is InChI=1S/C24H34O4/c1-22-9-8-20-18(19(22)7-5-16(22)14-21(25)26-3)6-4-17-15-24(27-12-13-28-24)11-10-23(17,20)2/h4,14,18-20H,5-13,15H2,1-3H3/b16-14+/t18-,19-,20-,22+,23-/m0/s1. The van der Waals surface area contributed by atoms with E-state index in [2.05, 4.69) is 19.9 Å². The van der Waals surface area contributed by atoms with Gasteiger partial charge < -0.3 is 14.2 Å². The maximum absolute atomic E-state index is 11.9. The van der Waals surface area contributed by atoms with E-state index in [0.29, 0.717) is 11.3 Å². The van der Waals surface area contributed by atoms with Crippen LogP contribution in [0.3, 0.4) is 0 Å². The predicted molar refractivity (Wildman–Crippen MR) is 106 cm³/mol. The molecule has 5 aliphatic rings. The van der Waals surface area contributed by atoms with E-state index in [9.17, 15) is 4.79 Å². The van der Waals surface area contributed by atoms with Crippen molar-refractivity contribution in [3.63, 3.8) is 0 Å². The van der Waals surface area contributed by atoms with Crippen LogP contribution in [0.15, 0.2) is 23.3 Å². The minimum absolute atomic E-state index is 0.171. The van der Waals surface area contributed by atoms with E-state index in [0.717, 1.165) is 44.3 Å². The number of methoxy groups -OCH3 is 1. The summed E-state index contributed by atoms with van der Waals surface area (Å²) in [5.41, 5.74) is 3.39. The van der Waals surface area contributed by atoms with Crippen molar-refractivity contribution >= 4 is 5.97 Å². The van der Waals surface area contributed by atoms with Gasteiger partial charge in [-0.15, -0.1) is 0 Å². The van der Waals surface area contributed by atoms with Crippen LogP contribution in [0.4, 0.5) is 0 Å². The monoisotopic (exact) mass is 386 g/mol. The molecule has 0 radical (unpaired) electrons. The Labute approximate surface area is 168 Å². The van der Waals surface area contributed by atoms with Crippen molar-refractivity contribution in [2.45, 2.75) is 71.0 Å². The van der Waals surface area contributed by atoms with Gasteiger partial charge in [0.15, 0.2) is 5.79 Å². The number of carbonyl (C=O) groups is 1. The first kappa shape index (κ1) is 18.9. The molecule has 0 unspecified atom stereocenters. The lowest BCUT2D eigenvalue weighted by molar-refractivity contribution is -0.184. The highest BCUT2D eigenvalue weighted by Crippen LogP contribution is 2.67. The summed E-state index contributed by atoms with van der Waals surface area (Å²) in [4.78, 5) is 11.9. The number of allylic oxidation sites excluding steroid dienone is 2. The molecule has 0 aromatic heterocycles. The molecule has 1 heterocycles. The fourth-order valence-electron chi connectivity index (χ4n) is 7.64. The van der Waals surface area contributed by atoms with Crippen LogP contribution in [0.25, 0.3) is 0 Å². The van der Waals surface area contributed by atoms with Gasteiger partial charge >= 0.3 is 5.97 Å². The Hall–Kier alpha value is -1.13. The zero-order chi connectivity index (χ0) is 19.6. The maximum atomic E-state index is 11.9. The Morgan fingerprint density at radius 3 is 2.61 bits per heavy atom. The summed E-state index contributed by atoms with van der Waals surface area (Å²) in [5, 5.41) is 0. The Bertz CT molecular complexity index is 731. The third-order valence-corrected chi connectivity index (χ3v) is 9.27. The number of carbonyl (C=O) groups excluding carboxylic acids is 1.